The molecule has 0 aliphatic carbocycles. The van der Waals surface area contributed by atoms with Crippen molar-refractivity contribution in [1.82, 2.24) is 19.9 Å². The van der Waals surface area contributed by atoms with Crippen molar-refractivity contribution in [3.63, 3.8) is 0 Å². The van der Waals surface area contributed by atoms with Crippen LogP contribution < -0.4 is 9.64 Å². The van der Waals surface area contributed by atoms with E-state index >= 15 is 0 Å². The number of carbonyl (C=O) groups excluding carboxylic acids is 1. The number of nitrogens with zero attached hydrogens (tertiary/aromatic N) is 5. The largest absolute Gasteiger partial charge is 0.494 e. The number of rotatable bonds is 5. The van der Waals surface area contributed by atoms with Gasteiger partial charge in [0.15, 0.2) is 23.1 Å². The molecule has 8 nitrogen and oxygen atoms in total. The van der Waals surface area contributed by atoms with Crippen LogP contribution in [0.1, 0.15) is 16.8 Å². The van der Waals surface area contributed by atoms with Gasteiger partial charge in [-0.2, -0.15) is 0 Å². The summed E-state index contributed by atoms with van der Waals surface area (Å²) in [4.78, 5) is 22.1. The standard InChI is InChI=1S/C22H30FN5O3/c1-25(2)21-19(20(31-24-21)15-5-6-17(23)18(13-15)30-4)22(29)28-8-7-16(14-28)27-11-9-26(3)10-12-27/h5-6,13,16H,7-12,14H2,1-4H3/t16-/m0/s1. The van der Waals surface area contributed by atoms with Crippen LogP contribution in [0.25, 0.3) is 11.3 Å². The molecule has 0 unspecified atom stereocenters. The Bertz CT molecular complexity index is 939. The van der Waals surface area contributed by atoms with E-state index < -0.39 is 5.82 Å². The molecular weight excluding hydrogens is 401 g/mol. The maximum Gasteiger partial charge on any atom is 0.261 e. The molecule has 4 rings (SSSR count). The number of methoxy groups -OCH3 is 1. The molecule has 3 heterocycles. The molecule has 0 N–H and O–H groups in total. The number of carbonyl (C=O) groups is 1. The Morgan fingerprint density at radius 3 is 2.65 bits per heavy atom. The number of ether oxygens (including phenoxy) is 1. The Morgan fingerprint density at radius 2 is 1.97 bits per heavy atom. The predicted molar refractivity (Wildman–Crippen MR) is 116 cm³/mol. The van der Waals surface area contributed by atoms with Crippen molar-refractivity contribution in [2.75, 3.05) is 72.4 Å². The number of hydrogen-bond acceptors (Lipinski definition) is 7. The summed E-state index contributed by atoms with van der Waals surface area (Å²) in [5.74, 6) is 0.303. The van der Waals surface area contributed by atoms with Crippen molar-refractivity contribution in [2.45, 2.75) is 12.5 Å². The molecule has 0 bridgehead atoms. The molecule has 1 amide bonds. The third-order valence-electron chi connectivity index (χ3n) is 6.23. The van der Waals surface area contributed by atoms with E-state index in [1.54, 1.807) is 11.0 Å². The SMILES string of the molecule is COc1cc(-c2onc(N(C)C)c2C(=O)N2CC[C@H](N3CCN(C)CC3)C2)ccc1F. The highest BCUT2D eigenvalue weighted by molar-refractivity contribution is 6.04. The predicted octanol–water partition coefficient (Wildman–Crippen LogP) is 2.02. The summed E-state index contributed by atoms with van der Waals surface area (Å²) in [6.07, 6.45) is 0.956. The molecule has 31 heavy (non-hydrogen) atoms. The summed E-state index contributed by atoms with van der Waals surface area (Å²) in [6.45, 7) is 5.54. The summed E-state index contributed by atoms with van der Waals surface area (Å²) >= 11 is 0. The summed E-state index contributed by atoms with van der Waals surface area (Å²) in [5.41, 5.74) is 0.953. The van der Waals surface area contributed by atoms with Crippen molar-refractivity contribution >= 4 is 11.7 Å². The first-order chi connectivity index (χ1) is 14.9. The topological polar surface area (TPSA) is 65.3 Å². The lowest BCUT2D eigenvalue weighted by Crippen LogP contribution is -2.50. The number of anilines is 1. The summed E-state index contributed by atoms with van der Waals surface area (Å²) in [7, 11) is 7.19. The van der Waals surface area contributed by atoms with Crippen molar-refractivity contribution < 1.29 is 18.4 Å². The van der Waals surface area contributed by atoms with Gasteiger partial charge in [0, 0.05) is 65.0 Å². The Labute approximate surface area is 182 Å². The van der Waals surface area contributed by atoms with E-state index in [0.29, 0.717) is 41.8 Å². The molecule has 2 aromatic rings. The molecule has 168 valence electrons. The second-order valence-electron chi connectivity index (χ2n) is 8.49. The van der Waals surface area contributed by atoms with Crippen LogP contribution in [-0.2, 0) is 0 Å². The molecule has 2 aliphatic heterocycles. The molecule has 1 aromatic heterocycles. The zero-order valence-corrected chi connectivity index (χ0v) is 18.6. The molecule has 2 aliphatic rings. The first-order valence-corrected chi connectivity index (χ1v) is 10.6. The molecule has 0 spiro atoms. The van der Waals surface area contributed by atoms with E-state index in [4.69, 9.17) is 9.26 Å². The fraction of sp³-hybridized carbons (Fsp3) is 0.545. The Balaban J connectivity index is 1.60. The lowest BCUT2D eigenvalue weighted by Gasteiger charge is -2.36. The highest BCUT2D eigenvalue weighted by Gasteiger charge is 2.36. The zero-order valence-electron chi connectivity index (χ0n) is 18.6. The maximum atomic E-state index is 13.9. The monoisotopic (exact) mass is 431 g/mol. The molecular formula is C22H30FN5O3. The van der Waals surface area contributed by atoms with E-state index in [-0.39, 0.29) is 11.7 Å². The Kier molecular flexibility index (Phi) is 6.15. The second-order valence-corrected chi connectivity index (χ2v) is 8.49. The van der Waals surface area contributed by atoms with Gasteiger partial charge in [0.1, 0.15) is 5.56 Å². The molecule has 1 atom stereocenters. The van der Waals surface area contributed by atoms with Crippen molar-refractivity contribution in [3.8, 4) is 17.1 Å². The number of amides is 1. The van der Waals surface area contributed by atoms with Gasteiger partial charge in [-0.15, -0.1) is 0 Å². The fourth-order valence-corrected chi connectivity index (χ4v) is 4.35. The van der Waals surface area contributed by atoms with Crippen LogP contribution in [0.15, 0.2) is 22.7 Å². The minimum Gasteiger partial charge on any atom is -0.494 e. The van der Waals surface area contributed by atoms with Gasteiger partial charge in [0.2, 0.25) is 0 Å². The second kappa shape index (κ2) is 8.84. The Morgan fingerprint density at radius 1 is 1.23 bits per heavy atom. The molecule has 0 radical (unpaired) electrons. The number of aromatic nitrogens is 1. The number of benzene rings is 1. The highest BCUT2D eigenvalue weighted by atomic mass is 19.1. The maximum absolute atomic E-state index is 13.9. The quantitative estimate of drug-likeness (QED) is 0.718. The average Bonchev–Trinajstić information content (AvgIpc) is 3.42. The van der Waals surface area contributed by atoms with Crippen LogP contribution in [-0.4, -0.2) is 99.3 Å². The number of likely N-dealkylation sites (tertiary alicyclic amines) is 1. The van der Waals surface area contributed by atoms with Gasteiger partial charge in [-0.25, -0.2) is 4.39 Å². The number of likely N-dealkylation sites (N-methyl/N-ethyl adjacent to an activating group) is 1. The van der Waals surface area contributed by atoms with E-state index in [1.165, 1.54) is 19.2 Å². The van der Waals surface area contributed by atoms with Gasteiger partial charge < -0.3 is 24.0 Å². The lowest BCUT2D eigenvalue weighted by molar-refractivity contribution is 0.0756. The third kappa shape index (κ3) is 4.24. The smallest absolute Gasteiger partial charge is 0.261 e. The highest BCUT2D eigenvalue weighted by Crippen LogP contribution is 2.35. The van der Waals surface area contributed by atoms with Crippen LogP contribution in [0, 0.1) is 5.82 Å². The van der Waals surface area contributed by atoms with E-state index in [0.717, 1.165) is 32.6 Å². The van der Waals surface area contributed by atoms with Gasteiger partial charge in [-0.05, 0) is 31.7 Å². The van der Waals surface area contributed by atoms with Gasteiger partial charge in [0.05, 0.1) is 7.11 Å². The van der Waals surface area contributed by atoms with Crippen LogP contribution in [0.4, 0.5) is 10.2 Å². The van der Waals surface area contributed by atoms with Gasteiger partial charge in [-0.1, -0.05) is 5.16 Å². The minimum absolute atomic E-state index is 0.0926. The number of piperazine rings is 1. The zero-order chi connectivity index (χ0) is 22.1. The van der Waals surface area contributed by atoms with Crippen LogP contribution in [0.3, 0.4) is 0 Å². The van der Waals surface area contributed by atoms with Crippen LogP contribution in [0.2, 0.25) is 0 Å². The summed E-state index contributed by atoms with van der Waals surface area (Å²) in [6, 6.07) is 4.78. The normalized spacial score (nSPS) is 20.3. The van der Waals surface area contributed by atoms with Crippen LogP contribution in [0.5, 0.6) is 5.75 Å². The molecule has 2 saturated heterocycles. The molecule has 9 heteroatoms. The van der Waals surface area contributed by atoms with Crippen molar-refractivity contribution in [1.29, 1.82) is 0 Å². The first-order valence-electron chi connectivity index (χ1n) is 10.6. The Hall–Kier alpha value is -2.65. The fourth-order valence-electron chi connectivity index (χ4n) is 4.35. The van der Waals surface area contributed by atoms with E-state index in [9.17, 15) is 9.18 Å². The van der Waals surface area contributed by atoms with E-state index in [2.05, 4.69) is 22.0 Å². The summed E-state index contributed by atoms with van der Waals surface area (Å²) in [5, 5.41) is 4.13. The molecule has 2 fully saturated rings. The molecule has 0 saturated carbocycles. The minimum atomic E-state index is -0.471. The van der Waals surface area contributed by atoms with Crippen molar-refractivity contribution in [2.24, 2.45) is 0 Å². The molecule has 1 aromatic carbocycles. The van der Waals surface area contributed by atoms with Crippen LogP contribution >= 0.6 is 0 Å². The number of hydrogen-bond donors (Lipinski definition) is 0. The van der Waals surface area contributed by atoms with Gasteiger partial charge >= 0.3 is 0 Å². The lowest BCUT2D eigenvalue weighted by atomic mass is 10.1. The summed E-state index contributed by atoms with van der Waals surface area (Å²) < 4.78 is 24.6. The van der Waals surface area contributed by atoms with Gasteiger partial charge in [-0.3, -0.25) is 9.69 Å². The first kappa shape index (κ1) is 21.6. The average molecular weight is 432 g/mol. The number of halogens is 1. The van der Waals surface area contributed by atoms with E-state index in [1.807, 2.05) is 19.0 Å². The van der Waals surface area contributed by atoms with Crippen molar-refractivity contribution in [3.05, 3.63) is 29.6 Å². The third-order valence-corrected chi connectivity index (χ3v) is 6.23. The van der Waals surface area contributed by atoms with Gasteiger partial charge in [0.25, 0.3) is 5.91 Å².